The molecule has 4 N–H and O–H groups in total. The summed E-state index contributed by atoms with van der Waals surface area (Å²) >= 11 is 0. The van der Waals surface area contributed by atoms with Crippen LogP contribution < -0.4 is 5.73 Å². The summed E-state index contributed by atoms with van der Waals surface area (Å²) in [7, 11) is -4.41. The van der Waals surface area contributed by atoms with Crippen molar-refractivity contribution in [1.29, 1.82) is 0 Å². The van der Waals surface area contributed by atoms with Crippen LogP contribution in [0.25, 0.3) is 0 Å². The van der Waals surface area contributed by atoms with E-state index in [9.17, 15) is 24.2 Å². The van der Waals surface area contributed by atoms with Gasteiger partial charge >= 0.3 is 19.8 Å². The molecular formula is C41H70NO9P. The Kier molecular flexibility index (Phi) is 34.9. The number of aliphatic hydroxyl groups is 1. The first-order valence-electron chi connectivity index (χ1n) is 19.5. The molecule has 0 aliphatic carbocycles. The molecule has 0 heterocycles. The van der Waals surface area contributed by atoms with Crippen LogP contribution in [0.3, 0.4) is 0 Å². The average Bonchev–Trinajstić information content (AvgIpc) is 3.12. The zero-order chi connectivity index (χ0) is 38.4. The van der Waals surface area contributed by atoms with Gasteiger partial charge in [0, 0.05) is 19.4 Å². The summed E-state index contributed by atoms with van der Waals surface area (Å²) < 4.78 is 32.5. The van der Waals surface area contributed by atoms with Gasteiger partial charge in [-0.1, -0.05) is 151 Å². The van der Waals surface area contributed by atoms with E-state index in [0.717, 1.165) is 44.9 Å². The van der Waals surface area contributed by atoms with Crippen molar-refractivity contribution in [3.63, 3.8) is 0 Å². The zero-order valence-electron chi connectivity index (χ0n) is 32.1. The molecule has 2 unspecified atom stereocenters. The van der Waals surface area contributed by atoms with E-state index in [-0.39, 0.29) is 32.6 Å². The van der Waals surface area contributed by atoms with Gasteiger partial charge in [-0.05, 0) is 44.9 Å². The number of hydrogen-bond acceptors (Lipinski definition) is 9. The molecule has 298 valence electrons. The lowest BCUT2D eigenvalue weighted by Gasteiger charge is -2.19. The molecule has 0 rings (SSSR count). The highest BCUT2D eigenvalue weighted by Crippen LogP contribution is 2.43. The van der Waals surface area contributed by atoms with E-state index < -0.39 is 38.6 Å². The summed E-state index contributed by atoms with van der Waals surface area (Å²) in [6.07, 6.45) is 39.7. The van der Waals surface area contributed by atoms with Gasteiger partial charge in [-0.15, -0.1) is 0 Å². The van der Waals surface area contributed by atoms with E-state index in [2.05, 4.69) is 50.3 Å². The van der Waals surface area contributed by atoms with Crippen LogP contribution in [0.15, 0.2) is 72.9 Å². The number of allylic oxidation sites excluding steroid dienone is 10. The molecule has 0 saturated heterocycles. The predicted molar refractivity (Wildman–Crippen MR) is 212 cm³/mol. The Morgan fingerprint density at radius 1 is 0.692 bits per heavy atom. The lowest BCUT2D eigenvalue weighted by atomic mass is 10.1. The highest BCUT2D eigenvalue weighted by molar-refractivity contribution is 7.47. The van der Waals surface area contributed by atoms with Gasteiger partial charge < -0.3 is 25.2 Å². The van der Waals surface area contributed by atoms with E-state index in [1.807, 2.05) is 18.2 Å². The third-order valence-electron chi connectivity index (χ3n) is 7.70. The van der Waals surface area contributed by atoms with Crippen molar-refractivity contribution in [2.24, 2.45) is 5.73 Å². The first-order valence-corrected chi connectivity index (χ1v) is 21.0. The first-order chi connectivity index (χ1) is 25.2. The van der Waals surface area contributed by atoms with Crippen molar-refractivity contribution in [2.45, 2.75) is 148 Å². The van der Waals surface area contributed by atoms with Gasteiger partial charge in [-0.2, -0.15) is 0 Å². The van der Waals surface area contributed by atoms with Gasteiger partial charge in [0.15, 0.2) is 6.10 Å². The molecule has 0 aliphatic rings. The number of unbranched alkanes of at least 4 members (excludes halogenated alkanes) is 10. The summed E-state index contributed by atoms with van der Waals surface area (Å²) in [6.45, 7) is 3.37. The molecule has 0 spiro atoms. The number of esters is 2. The second-order valence-corrected chi connectivity index (χ2v) is 14.1. The standard InChI is InChI=1S/C41H70NO9P/c1-3-5-7-9-11-13-15-16-18-19-21-23-26-30-38(43)31-27-25-29-32-40(44)48-36-39(37-50-52(46,47)49-35-34-42)51-41(45)33-28-24-22-20-17-14-12-10-8-6-4-2/h5,7,11,13,16,18,21,23,25-27,30,38-39,43H,3-4,6,8-10,12,14-15,17,19-20,22,24,28-29,31-37,42H2,1-2H3,(H,46,47)/b7-5-,13-11-,18-16-,23-21-,27-25-,30-26-/t38?,39-/m1/s1. The number of phosphoric ester groups is 1. The fourth-order valence-corrected chi connectivity index (χ4v) is 5.57. The topological polar surface area (TPSA) is 155 Å². The number of aliphatic hydroxyl groups excluding tert-OH is 1. The molecule has 10 nitrogen and oxygen atoms in total. The van der Waals surface area contributed by atoms with E-state index in [1.54, 1.807) is 18.2 Å². The highest BCUT2D eigenvalue weighted by Gasteiger charge is 2.25. The van der Waals surface area contributed by atoms with Crippen molar-refractivity contribution in [3.8, 4) is 0 Å². The Morgan fingerprint density at radius 3 is 1.90 bits per heavy atom. The van der Waals surface area contributed by atoms with Crippen LogP contribution in [0.1, 0.15) is 136 Å². The minimum Gasteiger partial charge on any atom is -0.462 e. The van der Waals surface area contributed by atoms with Crippen molar-refractivity contribution in [3.05, 3.63) is 72.9 Å². The van der Waals surface area contributed by atoms with E-state index in [4.69, 9.17) is 24.3 Å². The second kappa shape index (κ2) is 36.8. The van der Waals surface area contributed by atoms with Crippen molar-refractivity contribution in [2.75, 3.05) is 26.4 Å². The fourth-order valence-electron chi connectivity index (χ4n) is 4.80. The number of rotatable bonds is 35. The van der Waals surface area contributed by atoms with Gasteiger partial charge in [-0.25, -0.2) is 4.57 Å². The van der Waals surface area contributed by atoms with Gasteiger partial charge in [0.1, 0.15) is 6.61 Å². The maximum atomic E-state index is 12.5. The molecule has 0 saturated carbocycles. The van der Waals surface area contributed by atoms with Crippen LogP contribution in [0.5, 0.6) is 0 Å². The molecule has 3 atom stereocenters. The molecule has 0 aliphatic heterocycles. The molecule has 0 amide bonds. The van der Waals surface area contributed by atoms with E-state index >= 15 is 0 Å². The normalized spacial score (nSPS) is 14.8. The van der Waals surface area contributed by atoms with Crippen LogP contribution in [0, 0.1) is 0 Å². The lowest BCUT2D eigenvalue weighted by molar-refractivity contribution is -0.161. The molecule has 0 aromatic carbocycles. The minimum absolute atomic E-state index is 0.0268. The maximum Gasteiger partial charge on any atom is 0.472 e. The molecule has 0 radical (unpaired) electrons. The average molecular weight is 752 g/mol. The largest absolute Gasteiger partial charge is 0.472 e. The third-order valence-corrected chi connectivity index (χ3v) is 8.68. The number of phosphoric acid groups is 1. The SMILES string of the molecule is CC/C=C\C/C=C\C/C=C\C/C=C\C=C/C(O)C/C=C\CCC(=O)OC[C@H](COP(=O)(O)OCCN)OC(=O)CCCCCCCCCCCCC. The predicted octanol–water partition coefficient (Wildman–Crippen LogP) is 9.68. The third kappa shape index (κ3) is 35.8. The summed E-state index contributed by atoms with van der Waals surface area (Å²) in [4.78, 5) is 34.7. The van der Waals surface area contributed by atoms with Crippen LogP contribution in [-0.4, -0.2) is 60.5 Å². The highest BCUT2D eigenvalue weighted by atomic mass is 31.2. The molecule has 11 heteroatoms. The Balaban J connectivity index is 4.44. The number of hydrogen-bond donors (Lipinski definition) is 3. The molecule has 52 heavy (non-hydrogen) atoms. The first kappa shape index (κ1) is 49.4. The van der Waals surface area contributed by atoms with Crippen LogP contribution in [0.4, 0.5) is 0 Å². The summed E-state index contributed by atoms with van der Waals surface area (Å²) in [5.74, 6) is -1.02. The van der Waals surface area contributed by atoms with Crippen molar-refractivity contribution >= 4 is 19.8 Å². The summed E-state index contributed by atoms with van der Waals surface area (Å²) in [6, 6.07) is 0. The van der Waals surface area contributed by atoms with Crippen molar-refractivity contribution < 1.29 is 42.7 Å². The van der Waals surface area contributed by atoms with Gasteiger partial charge in [0.05, 0.1) is 19.3 Å². The zero-order valence-corrected chi connectivity index (χ0v) is 33.0. The Hall–Kier alpha value is -2.59. The summed E-state index contributed by atoms with van der Waals surface area (Å²) in [5.41, 5.74) is 5.32. The van der Waals surface area contributed by atoms with Gasteiger partial charge in [0.25, 0.3) is 0 Å². The lowest BCUT2D eigenvalue weighted by Crippen LogP contribution is -2.29. The maximum absolute atomic E-state index is 12.5. The quantitative estimate of drug-likeness (QED) is 0.0187. The van der Waals surface area contributed by atoms with E-state index in [0.29, 0.717) is 19.3 Å². The molecule has 0 bridgehead atoms. The number of nitrogens with two attached hydrogens (primary N) is 1. The monoisotopic (exact) mass is 751 g/mol. The molecule has 0 aromatic heterocycles. The van der Waals surface area contributed by atoms with Gasteiger partial charge in [0.2, 0.25) is 0 Å². The number of carbonyl (C=O) groups is 2. The van der Waals surface area contributed by atoms with Crippen LogP contribution in [0.2, 0.25) is 0 Å². The van der Waals surface area contributed by atoms with E-state index in [1.165, 1.54) is 44.9 Å². The molecule has 0 fully saturated rings. The minimum atomic E-state index is -4.41. The summed E-state index contributed by atoms with van der Waals surface area (Å²) in [5, 5.41) is 10.2. The van der Waals surface area contributed by atoms with Crippen molar-refractivity contribution in [1.82, 2.24) is 0 Å². The number of ether oxygens (including phenoxy) is 2. The smallest absolute Gasteiger partial charge is 0.462 e. The van der Waals surface area contributed by atoms with Crippen LogP contribution >= 0.6 is 7.82 Å². The molecule has 0 aromatic rings. The Morgan fingerprint density at radius 2 is 1.29 bits per heavy atom. The Bertz CT molecular complexity index is 1100. The van der Waals surface area contributed by atoms with Gasteiger partial charge in [-0.3, -0.25) is 18.6 Å². The Labute approximate surface area is 314 Å². The molecular weight excluding hydrogens is 681 g/mol. The van der Waals surface area contributed by atoms with Crippen LogP contribution in [-0.2, 0) is 32.7 Å². The second-order valence-electron chi connectivity index (χ2n) is 12.6. The fraction of sp³-hybridized carbons (Fsp3) is 0.659. The number of carbonyl (C=O) groups excluding carboxylic acids is 2.